The molecule has 1 aliphatic rings. The molecule has 8 nitrogen and oxygen atoms in total. The Bertz CT molecular complexity index is 1070. The molecule has 1 aliphatic heterocycles. The molecule has 26 heavy (non-hydrogen) atoms. The Kier molecular flexibility index (Phi) is 3.45. The van der Waals surface area contributed by atoms with Crippen LogP contribution >= 0.6 is 0 Å². The van der Waals surface area contributed by atoms with Crippen LogP contribution in [0.15, 0.2) is 47.4 Å². The third kappa shape index (κ3) is 2.61. The normalized spacial score (nSPS) is 13.1. The van der Waals surface area contributed by atoms with Gasteiger partial charge >= 0.3 is 0 Å². The minimum absolute atomic E-state index is 0.485. The molecule has 130 valence electrons. The largest absolute Gasteiger partial charge is 0.486 e. The first-order chi connectivity index (χ1) is 12.9. The second-order valence-corrected chi connectivity index (χ2v) is 5.85. The first-order valence-corrected chi connectivity index (χ1v) is 8.24. The smallest absolute Gasteiger partial charge is 0.167 e. The van der Waals surface area contributed by atoms with Crippen LogP contribution in [0.2, 0.25) is 0 Å². The molecule has 1 aromatic carbocycles. The van der Waals surface area contributed by atoms with Crippen LogP contribution in [0.1, 0.15) is 5.69 Å². The van der Waals surface area contributed by atoms with Gasteiger partial charge in [0.1, 0.15) is 30.8 Å². The van der Waals surface area contributed by atoms with E-state index in [9.17, 15) is 0 Å². The predicted octanol–water partition coefficient (Wildman–Crippen LogP) is 3.00. The number of aromatic nitrogens is 4. The van der Waals surface area contributed by atoms with Crippen molar-refractivity contribution >= 4 is 16.9 Å². The molecule has 0 bridgehead atoms. The summed E-state index contributed by atoms with van der Waals surface area (Å²) >= 11 is 0. The van der Waals surface area contributed by atoms with E-state index in [0.29, 0.717) is 25.5 Å². The van der Waals surface area contributed by atoms with Crippen molar-refractivity contribution in [3.63, 3.8) is 0 Å². The quantitative estimate of drug-likeness (QED) is 0.584. The fourth-order valence-electron chi connectivity index (χ4n) is 2.91. The number of nitrogens with one attached hydrogen (secondary N) is 2. The van der Waals surface area contributed by atoms with Crippen LogP contribution in [0.5, 0.6) is 11.5 Å². The van der Waals surface area contributed by atoms with E-state index in [4.69, 9.17) is 14.0 Å². The number of aromatic amines is 1. The molecule has 0 radical (unpaired) electrons. The minimum atomic E-state index is 0.485. The Balaban J connectivity index is 1.35. The number of hydrogen-bond acceptors (Lipinski definition) is 7. The number of hydrogen-bond donors (Lipinski definition) is 2. The maximum atomic E-state index is 5.61. The topological polar surface area (TPSA) is 98.1 Å². The van der Waals surface area contributed by atoms with Crippen LogP contribution in [0.4, 0.5) is 5.82 Å². The first kappa shape index (κ1) is 14.8. The van der Waals surface area contributed by atoms with Crippen molar-refractivity contribution in [2.45, 2.75) is 6.54 Å². The highest BCUT2D eigenvalue weighted by atomic mass is 16.6. The molecule has 0 fully saturated rings. The van der Waals surface area contributed by atoms with Gasteiger partial charge in [-0.1, -0.05) is 5.16 Å². The van der Waals surface area contributed by atoms with Crippen LogP contribution in [0.3, 0.4) is 0 Å². The molecule has 0 spiro atoms. The van der Waals surface area contributed by atoms with E-state index in [0.717, 1.165) is 39.6 Å². The standard InChI is InChI=1S/C18H15N5O3/c1-2-14-16(25-6-5-24-14)7-11(1)15-8-12(23-26-15)9-20-18-17-13(3-4-19-17)21-10-22-18/h1-4,7-8,10,19H,5-6,9H2,(H,20,21,22). The van der Waals surface area contributed by atoms with E-state index in [-0.39, 0.29) is 0 Å². The zero-order valence-electron chi connectivity index (χ0n) is 13.7. The summed E-state index contributed by atoms with van der Waals surface area (Å²) in [6, 6.07) is 9.51. The maximum Gasteiger partial charge on any atom is 0.167 e. The number of H-pyrrole nitrogens is 1. The summed E-state index contributed by atoms with van der Waals surface area (Å²) in [7, 11) is 0. The maximum absolute atomic E-state index is 5.61. The summed E-state index contributed by atoms with van der Waals surface area (Å²) in [5, 5.41) is 7.38. The second-order valence-electron chi connectivity index (χ2n) is 5.85. The molecule has 2 N–H and O–H groups in total. The highest BCUT2D eigenvalue weighted by Crippen LogP contribution is 2.34. The summed E-state index contributed by atoms with van der Waals surface area (Å²) in [5.74, 6) is 2.87. The van der Waals surface area contributed by atoms with E-state index < -0.39 is 0 Å². The summed E-state index contributed by atoms with van der Waals surface area (Å²) < 4.78 is 16.6. The van der Waals surface area contributed by atoms with Gasteiger partial charge in [-0.15, -0.1) is 0 Å². The molecule has 0 unspecified atom stereocenters. The monoisotopic (exact) mass is 349 g/mol. The van der Waals surface area contributed by atoms with Crippen molar-refractivity contribution in [2.75, 3.05) is 18.5 Å². The molecule has 0 aliphatic carbocycles. The molecule has 0 saturated heterocycles. The van der Waals surface area contributed by atoms with Gasteiger partial charge in [-0.2, -0.15) is 0 Å². The molecular weight excluding hydrogens is 334 g/mol. The van der Waals surface area contributed by atoms with Crippen LogP contribution in [-0.2, 0) is 6.54 Å². The van der Waals surface area contributed by atoms with Crippen molar-refractivity contribution in [3.8, 4) is 22.8 Å². The van der Waals surface area contributed by atoms with Gasteiger partial charge in [-0.05, 0) is 24.3 Å². The Hall–Kier alpha value is -3.55. The number of ether oxygens (including phenoxy) is 2. The molecule has 0 saturated carbocycles. The van der Waals surface area contributed by atoms with Crippen LogP contribution in [0, 0.1) is 0 Å². The zero-order valence-corrected chi connectivity index (χ0v) is 13.7. The molecule has 0 atom stereocenters. The Morgan fingerprint density at radius 2 is 1.96 bits per heavy atom. The van der Waals surface area contributed by atoms with Gasteiger partial charge in [-0.3, -0.25) is 0 Å². The van der Waals surface area contributed by atoms with Crippen molar-refractivity contribution in [2.24, 2.45) is 0 Å². The average Bonchev–Trinajstić information content (AvgIpc) is 3.35. The highest BCUT2D eigenvalue weighted by molar-refractivity contribution is 5.85. The van der Waals surface area contributed by atoms with Crippen molar-refractivity contribution in [1.82, 2.24) is 20.1 Å². The molecule has 3 aromatic heterocycles. The molecule has 0 amide bonds. The SMILES string of the molecule is c1nc(NCc2cc(-c3ccc4c(c3)OCCO4)on2)c2[nH]ccc2n1. The molecule has 5 rings (SSSR count). The number of anilines is 1. The Morgan fingerprint density at radius 1 is 1.04 bits per heavy atom. The van der Waals surface area contributed by atoms with E-state index in [1.807, 2.05) is 36.5 Å². The van der Waals surface area contributed by atoms with Crippen LogP contribution in [-0.4, -0.2) is 33.3 Å². The van der Waals surface area contributed by atoms with Gasteiger partial charge in [0.2, 0.25) is 0 Å². The molecule has 4 heterocycles. The lowest BCUT2D eigenvalue weighted by atomic mass is 10.1. The Morgan fingerprint density at radius 3 is 2.92 bits per heavy atom. The second kappa shape index (κ2) is 6.07. The van der Waals surface area contributed by atoms with E-state index in [2.05, 4.69) is 25.4 Å². The number of rotatable bonds is 4. The lowest BCUT2D eigenvalue weighted by Crippen LogP contribution is -2.15. The van der Waals surface area contributed by atoms with Gasteiger partial charge in [-0.25, -0.2) is 9.97 Å². The lowest BCUT2D eigenvalue weighted by Gasteiger charge is -2.18. The molecule has 8 heteroatoms. The summed E-state index contributed by atoms with van der Waals surface area (Å²) in [6.07, 6.45) is 3.36. The van der Waals surface area contributed by atoms with Gasteiger partial charge in [0, 0.05) is 17.8 Å². The van der Waals surface area contributed by atoms with Gasteiger partial charge in [0.05, 0.1) is 12.1 Å². The van der Waals surface area contributed by atoms with Crippen molar-refractivity contribution < 1.29 is 14.0 Å². The number of fused-ring (bicyclic) bond motifs is 2. The fourth-order valence-corrected chi connectivity index (χ4v) is 2.91. The molecule has 4 aromatic rings. The van der Waals surface area contributed by atoms with Gasteiger partial charge in [0.15, 0.2) is 23.1 Å². The fraction of sp³-hybridized carbons (Fsp3) is 0.167. The first-order valence-electron chi connectivity index (χ1n) is 8.24. The van der Waals surface area contributed by atoms with Crippen LogP contribution < -0.4 is 14.8 Å². The number of benzene rings is 1. The van der Waals surface area contributed by atoms with E-state index in [1.165, 1.54) is 6.33 Å². The van der Waals surface area contributed by atoms with Crippen molar-refractivity contribution in [1.29, 1.82) is 0 Å². The average molecular weight is 349 g/mol. The summed E-state index contributed by atoms with van der Waals surface area (Å²) in [5.41, 5.74) is 3.39. The third-order valence-electron chi connectivity index (χ3n) is 4.17. The van der Waals surface area contributed by atoms with E-state index >= 15 is 0 Å². The van der Waals surface area contributed by atoms with Gasteiger partial charge in [0.25, 0.3) is 0 Å². The lowest BCUT2D eigenvalue weighted by molar-refractivity contribution is 0.171. The minimum Gasteiger partial charge on any atom is -0.486 e. The zero-order chi connectivity index (χ0) is 17.3. The predicted molar refractivity (Wildman–Crippen MR) is 94.1 cm³/mol. The molecular formula is C18H15N5O3. The third-order valence-corrected chi connectivity index (χ3v) is 4.17. The number of nitrogens with zero attached hydrogens (tertiary/aromatic N) is 3. The van der Waals surface area contributed by atoms with Crippen LogP contribution in [0.25, 0.3) is 22.4 Å². The summed E-state index contributed by atoms with van der Waals surface area (Å²) in [6.45, 7) is 1.61. The van der Waals surface area contributed by atoms with E-state index in [1.54, 1.807) is 0 Å². The summed E-state index contributed by atoms with van der Waals surface area (Å²) in [4.78, 5) is 11.6. The highest BCUT2D eigenvalue weighted by Gasteiger charge is 2.15. The van der Waals surface area contributed by atoms with Gasteiger partial charge < -0.3 is 24.3 Å². The Labute approximate surface area is 148 Å². The van der Waals surface area contributed by atoms with Crippen molar-refractivity contribution in [3.05, 3.63) is 48.5 Å².